The summed E-state index contributed by atoms with van der Waals surface area (Å²) in [6.45, 7) is 2.03. The van der Waals surface area contributed by atoms with Gasteiger partial charge in [0.2, 0.25) is 0 Å². The van der Waals surface area contributed by atoms with Gasteiger partial charge in [0.1, 0.15) is 11.5 Å². The Morgan fingerprint density at radius 2 is 1.86 bits per heavy atom. The van der Waals surface area contributed by atoms with Gasteiger partial charge in [0.05, 0.1) is 12.2 Å². The summed E-state index contributed by atoms with van der Waals surface area (Å²) >= 11 is 0. The predicted molar refractivity (Wildman–Crippen MR) is 83.0 cm³/mol. The Balaban J connectivity index is 1.74. The van der Waals surface area contributed by atoms with Crippen molar-refractivity contribution in [3.63, 3.8) is 0 Å². The van der Waals surface area contributed by atoms with Gasteiger partial charge in [-0.2, -0.15) is 0 Å². The van der Waals surface area contributed by atoms with E-state index in [1.807, 2.05) is 18.2 Å². The molecule has 0 saturated carbocycles. The first-order valence-corrected chi connectivity index (χ1v) is 7.17. The summed E-state index contributed by atoms with van der Waals surface area (Å²) in [5.41, 5.74) is 1.66. The maximum atomic E-state index is 11.2. The van der Waals surface area contributed by atoms with Crippen molar-refractivity contribution in [1.82, 2.24) is 0 Å². The molecule has 0 aliphatic heterocycles. The van der Waals surface area contributed by atoms with E-state index in [2.05, 4.69) is 12.1 Å². The average Bonchev–Trinajstić information content (AvgIpc) is 2.47. The Hall–Kier alpha value is -2.29. The summed E-state index contributed by atoms with van der Waals surface area (Å²) in [5.74, 6) is 0.420. The van der Waals surface area contributed by atoms with Crippen molar-refractivity contribution in [2.75, 3.05) is 6.61 Å². The second-order valence-electron chi connectivity index (χ2n) is 5.03. The number of ether oxygens (including phenoxy) is 1. The molecule has 21 heavy (non-hydrogen) atoms. The number of hydrogen-bond donors (Lipinski definition) is 1. The number of hydrogen-bond acceptors (Lipinski definition) is 3. The van der Waals surface area contributed by atoms with Crippen LogP contribution in [0.25, 0.3) is 0 Å². The molecule has 0 aliphatic rings. The summed E-state index contributed by atoms with van der Waals surface area (Å²) in [6, 6.07) is 15.2. The third-order valence-corrected chi connectivity index (χ3v) is 3.32. The van der Waals surface area contributed by atoms with Crippen molar-refractivity contribution in [3.05, 3.63) is 59.7 Å². The zero-order chi connectivity index (χ0) is 15.1. The normalized spacial score (nSPS) is 10.3. The van der Waals surface area contributed by atoms with Crippen LogP contribution in [-0.2, 0) is 6.42 Å². The van der Waals surface area contributed by atoms with E-state index in [0.717, 1.165) is 19.3 Å². The van der Waals surface area contributed by atoms with Gasteiger partial charge in [0.25, 0.3) is 0 Å². The van der Waals surface area contributed by atoms with Gasteiger partial charge in [-0.05, 0) is 43.9 Å². The van der Waals surface area contributed by atoms with Gasteiger partial charge in [0, 0.05) is 6.07 Å². The molecule has 1 N–H and O–H groups in total. The van der Waals surface area contributed by atoms with Crippen LogP contribution in [0.1, 0.15) is 35.7 Å². The topological polar surface area (TPSA) is 46.5 Å². The summed E-state index contributed by atoms with van der Waals surface area (Å²) in [4.78, 5) is 11.2. The van der Waals surface area contributed by atoms with Crippen LogP contribution in [0.5, 0.6) is 11.5 Å². The fourth-order valence-corrected chi connectivity index (χ4v) is 2.16. The van der Waals surface area contributed by atoms with E-state index >= 15 is 0 Å². The third kappa shape index (κ3) is 4.63. The van der Waals surface area contributed by atoms with E-state index in [9.17, 15) is 9.90 Å². The largest absolute Gasteiger partial charge is 0.507 e. The Kier molecular flexibility index (Phi) is 5.38. The van der Waals surface area contributed by atoms with Gasteiger partial charge < -0.3 is 9.84 Å². The Morgan fingerprint density at radius 1 is 1.10 bits per heavy atom. The van der Waals surface area contributed by atoms with Crippen molar-refractivity contribution >= 4 is 5.78 Å². The molecule has 0 spiro atoms. The molecule has 0 heterocycles. The first-order chi connectivity index (χ1) is 10.2. The summed E-state index contributed by atoms with van der Waals surface area (Å²) in [7, 11) is 0. The lowest BCUT2D eigenvalue weighted by molar-refractivity contribution is 0.101. The predicted octanol–water partition coefficient (Wildman–Crippen LogP) is 4.00. The molecule has 3 nitrogen and oxygen atoms in total. The van der Waals surface area contributed by atoms with E-state index < -0.39 is 0 Å². The minimum absolute atomic E-state index is 0.0238. The van der Waals surface area contributed by atoms with Gasteiger partial charge >= 0.3 is 0 Å². The summed E-state index contributed by atoms with van der Waals surface area (Å²) in [6.07, 6.45) is 3.05. The van der Waals surface area contributed by atoms with Gasteiger partial charge in [0.15, 0.2) is 5.78 Å². The maximum Gasteiger partial charge on any atom is 0.163 e. The van der Waals surface area contributed by atoms with Gasteiger partial charge in [-0.1, -0.05) is 30.3 Å². The number of phenols is 1. The van der Waals surface area contributed by atoms with Gasteiger partial charge in [-0.25, -0.2) is 0 Å². The maximum absolute atomic E-state index is 11.2. The number of rotatable bonds is 7. The van der Waals surface area contributed by atoms with Gasteiger partial charge in [-0.15, -0.1) is 0 Å². The number of aromatic hydroxyl groups is 1. The van der Waals surface area contributed by atoms with Crippen LogP contribution in [0.15, 0.2) is 48.5 Å². The van der Waals surface area contributed by atoms with E-state index in [1.54, 1.807) is 12.1 Å². The summed E-state index contributed by atoms with van der Waals surface area (Å²) < 4.78 is 5.59. The molecule has 0 saturated heterocycles. The molecule has 0 amide bonds. The highest BCUT2D eigenvalue weighted by Crippen LogP contribution is 2.24. The highest BCUT2D eigenvalue weighted by atomic mass is 16.5. The lowest BCUT2D eigenvalue weighted by Gasteiger charge is -2.08. The zero-order valence-corrected chi connectivity index (χ0v) is 12.2. The first-order valence-electron chi connectivity index (χ1n) is 7.17. The van der Waals surface area contributed by atoms with Crippen molar-refractivity contribution in [3.8, 4) is 11.5 Å². The van der Waals surface area contributed by atoms with Crippen LogP contribution in [0.2, 0.25) is 0 Å². The Labute approximate surface area is 125 Å². The van der Waals surface area contributed by atoms with Gasteiger partial charge in [-0.3, -0.25) is 4.79 Å². The van der Waals surface area contributed by atoms with Crippen molar-refractivity contribution in [2.45, 2.75) is 26.2 Å². The van der Waals surface area contributed by atoms with Crippen molar-refractivity contribution in [1.29, 1.82) is 0 Å². The van der Waals surface area contributed by atoms with E-state index in [1.165, 1.54) is 18.6 Å². The number of carbonyl (C=O) groups excluding carboxylic acids is 1. The van der Waals surface area contributed by atoms with Crippen LogP contribution in [0.4, 0.5) is 0 Å². The summed E-state index contributed by atoms with van der Waals surface area (Å²) in [5, 5.41) is 9.71. The van der Waals surface area contributed by atoms with Crippen molar-refractivity contribution < 1.29 is 14.6 Å². The molecule has 0 fully saturated rings. The SMILES string of the molecule is CC(=O)c1ccc(OCCCCc2ccccc2)cc1O. The lowest BCUT2D eigenvalue weighted by atomic mass is 10.1. The molecule has 0 atom stereocenters. The van der Waals surface area contributed by atoms with E-state index in [4.69, 9.17) is 4.74 Å². The molecule has 2 aromatic rings. The van der Waals surface area contributed by atoms with Crippen LogP contribution < -0.4 is 4.74 Å². The monoisotopic (exact) mass is 284 g/mol. The highest BCUT2D eigenvalue weighted by molar-refractivity contribution is 5.96. The molecule has 0 aromatic heterocycles. The zero-order valence-electron chi connectivity index (χ0n) is 12.2. The lowest BCUT2D eigenvalue weighted by Crippen LogP contribution is -1.99. The number of aryl methyl sites for hydroxylation is 1. The van der Waals surface area contributed by atoms with Crippen LogP contribution in [0.3, 0.4) is 0 Å². The van der Waals surface area contributed by atoms with E-state index in [-0.39, 0.29) is 11.5 Å². The fourth-order valence-electron chi connectivity index (χ4n) is 2.16. The number of benzene rings is 2. The molecule has 0 unspecified atom stereocenters. The Morgan fingerprint density at radius 3 is 2.52 bits per heavy atom. The number of carbonyl (C=O) groups is 1. The second-order valence-corrected chi connectivity index (χ2v) is 5.03. The minimum Gasteiger partial charge on any atom is -0.507 e. The number of Topliss-reactive ketones (excluding diaryl/α,β-unsaturated/α-hetero) is 1. The number of ketones is 1. The number of unbranched alkanes of at least 4 members (excludes halogenated alkanes) is 1. The molecule has 0 radical (unpaired) electrons. The molecule has 2 rings (SSSR count). The average molecular weight is 284 g/mol. The van der Waals surface area contributed by atoms with Crippen LogP contribution in [-0.4, -0.2) is 17.5 Å². The van der Waals surface area contributed by atoms with Crippen molar-refractivity contribution in [2.24, 2.45) is 0 Å². The molecule has 2 aromatic carbocycles. The first kappa shape index (κ1) is 15.1. The second kappa shape index (κ2) is 7.48. The molecule has 3 heteroatoms. The van der Waals surface area contributed by atoms with Crippen LogP contribution >= 0.6 is 0 Å². The Bertz CT molecular complexity index is 591. The van der Waals surface area contributed by atoms with E-state index in [0.29, 0.717) is 17.9 Å². The molecular formula is C18H20O3. The van der Waals surface area contributed by atoms with Crippen LogP contribution in [0, 0.1) is 0 Å². The molecule has 110 valence electrons. The smallest absolute Gasteiger partial charge is 0.163 e. The molecule has 0 bridgehead atoms. The third-order valence-electron chi connectivity index (χ3n) is 3.32. The molecular weight excluding hydrogens is 264 g/mol. The fraction of sp³-hybridized carbons (Fsp3) is 0.278. The number of phenolic OH excluding ortho intramolecular Hbond substituents is 1. The highest BCUT2D eigenvalue weighted by Gasteiger charge is 2.07. The standard InChI is InChI=1S/C18H20O3/c1-14(19)17-11-10-16(13-18(17)20)21-12-6-5-9-15-7-3-2-4-8-15/h2-4,7-8,10-11,13,20H,5-6,9,12H2,1H3. The minimum atomic E-state index is -0.151. The molecule has 0 aliphatic carbocycles. The quantitative estimate of drug-likeness (QED) is 0.617.